The van der Waals surface area contributed by atoms with Crippen LogP contribution < -0.4 is 10.5 Å². The van der Waals surface area contributed by atoms with Crippen molar-refractivity contribution in [2.75, 3.05) is 5.73 Å². The van der Waals surface area contributed by atoms with Gasteiger partial charge < -0.3 is 5.73 Å². The zero-order valence-electron chi connectivity index (χ0n) is 11.8. The first kappa shape index (κ1) is 14.7. The molecule has 1 aromatic heterocycles. The van der Waals surface area contributed by atoms with Crippen LogP contribution in [0.25, 0.3) is 10.9 Å². The third-order valence-electron chi connectivity index (χ3n) is 3.29. The van der Waals surface area contributed by atoms with E-state index in [2.05, 4.69) is 9.71 Å². The molecule has 20 heavy (non-hydrogen) atoms. The first-order valence-corrected chi connectivity index (χ1v) is 7.92. The van der Waals surface area contributed by atoms with Crippen molar-refractivity contribution in [3.63, 3.8) is 0 Å². The van der Waals surface area contributed by atoms with Crippen LogP contribution in [-0.2, 0) is 10.0 Å². The standard InChI is InChI=1S/C14H19N3O2S/c1-4-14(2,3)17-20(18,19)11-6-7-12-10(9-11)5-8-13(15)16-12/h5-9,17H,4H2,1-3H3,(H2,15,16). The number of rotatable bonds is 4. The van der Waals surface area contributed by atoms with Gasteiger partial charge in [-0.05, 0) is 50.6 Å². The average molecular weight is 293 g/mol. The summed E-state index contributed by atoms with van der Waals surface area (Å²) >= 11 is 0. The highest BCUT2D eigenvalue weighted by atomic mass is 32.2. The Morgan fingerprint density at radius 2 is 1.95 bits per heavy atom. The van der Waals surface area contributed by atoms with E-state index in [1.54, 1.807) is 30.3 Å². The quantitative estimate of drug-likeness (QED) is 0.905. The second-order valence-electron chi connectivity index (χ2n) is 5.43. The van der Waals surface area contributed by atoms with Gasteiger partial charge in [0.1, 0.15) is 5.82 Å². The lowest BCUT2D eigenvalue weighted by Crippen LogP contribution is -2.42. The van der Waals surface area contributed by atoms with Crippen LogP contribution in [0.5, 0.6) is 0 Å². The molecule has 0 atom stereocenters. The van der Waals surface area contributed by atoms with Gasteiger partial charge in [-0.15, -0.1) is 0 Å². The van der Waals surface area contributed by atoms with Crippen molar-refractivity contribution in [1.82, 2.24) is 9.71 Å². The van der Waals surface area contributed by atoms with E-state index < -0.39 is 15.6 Å². The number of hydrogen-bond donors (Lipinski definition) is 2. The fraction of sp³-hybridized carbons (Fsp3) is 0.357. The lowest BCUT2D eigenvalue weighted by molar-refractivity contribution is 0.439. The number of nitrogens with one attached hydrogen (secondary N) is 1. The van der Waals surface area contributed by atoms with Gasteiger partial charge in [0, 0.05) is 10.9 Å². The Morgan fingerprint density at radius 3 is 2.60 bits per heavy atom. The first-order chi connectivity index (χ1) is 9.23. The molecule has 0 bridgehead atoms. The maximum Gasteiger partial charge on any atom is 0.241 e. The SMILES string of the molecule is CCC(C)(C)NS(=O)(=O)c1ccc2nc(N)ccc2c1. The first-order valence-electron chi connectivity index (χ1n) is 6.44. The molecule has 2 rings (SSSR count). The molecule has 2 aromatic rings. The Kier molecular flexibility index (Phi) is 3.71. The molecule has 3 N–H and O–H groups in total. The fourth-order valence-corrected chi connectivity index (χ4v) is 3.30. The van der Waals surface area contributed by atoms with Crippen molar-refractivity contribution in [1.29, 1.82) is 0 Å². The molecule has 6 heteroatoms. The minimum Gasteiger partial charge on any atom is -0.384 e. The molecule has 0 aliphatic rings. The number of pyridine rings is 1. The van der Waals surface area contributed by atoms with Gasteiger partial charge >= 0.3 is 0 Å². The lowest BCUT2D eigenvalue weighted by atomic mass is 10.0. The normalized spacial score (nSPS) is 12.8. The van der Waals surface area contributed by atoms with Crippen LogP contribution in [0.15, 0.2) is 35.2 Å². The highest BCUT2D eigenvalue weighted by molar-refractivity contribution is 7.89. The van der Waals surface area contributed by atoms with E-state index in [1.807, 2.05) is 20.8 Å². The van der Waals surface area contributed by atoms with Gasteiger partial charge in [-0.1, -0.05) is 6.92 Å². The number of hydrogen-bond acceptors (Lipinski definition) is 4. The number of fused-ring (bicyclic) bond motifs is 1. The second kappa shape index (κ2) is 5.03. The van der Waals surface area contributed by atoms with Gasteiger partial charge in [0.2, 0.25) is 10.0 Å². The minimum absolute atomic E-state index is 0.234. The summed E-state index contributed by atoms with van der Waals surface area (Å²) in [6.45, 7) is 5.65. The van der Waals surface area contributed by atoms with Crippen molar-refractivity contribution in [3.8, 4) is 0 Å². The summed E-state index contributed by atoms with van der Waals surface area (Å²) in [5.74, 6) is 0.415. The lowest BCUT2D eigenvalue weighted by Gasteiger charge is -2.24. The number of anilines is 1. The van der Waals surface area contributed by atoms with Gasteiger partial charge in [-0.2, -0.15) is 0 Å². The zero-order valence-corrected chi connectivity index (χ0v) is 12.7. The summed E-state index contributed by atoms with van der Waals surface area (Å²) in [7, 11) is -3.54. The molecule has 108 valence electrons. The highest BCUT2D eigenvalue weighted by Crippen LogP contribution is 2.20. The number of nitrogen functional groups attached to an aromatic ring is 1. The third kappa shape index (κ3) is 3.08. The average Bonchev–Trinajstić information content (AvgIpc) is 2.37. The third-order valence-corrected chi connectivity index (χ3v) is 4.98. The number of sulfonamides is 1. The Hall–Kier alpha value is -1.66. The van der Waals surface area contributed by atoms with Crippen LogP contribution in [0.3, 0.4) is 0 Å². The van der Waals surface area contributed by atoms with E-state index in [1.165, 1.54) is 0 Å². The van der Waals surface area contributed by atoms with Crippen LogP contribution >= 0.6 is 0 Å². The van der Waals surface area contributed by atoms with Crippen molar-refractivity contribution < 1.29 is 8.42 Å². The Bertz CT molecular complexity index is 739. The monoisotopic (exact) mass is 293 g/mol. The van der Waals surface area contributed by atoms with E-state index >= 15 is 0 Å². The number of aromatic nitrogens is 1. The van der Waals surface area contributed by atoms with Crippen LogP contribution in [-0.4, -0.2) is 18.9 Å². The van der Waals surface area contributed by atoms with E-state index in [0.717, 1.165) is 5.39 Å². The zero-order chi connectivity index (χ0) is 15.0. The maximum absolute atomic E-state index is 12.4. The predicted molar refractivity (Wildman–Crippen MR) is 80.8 cm³/mol. The van der Waals surface area contributed by atoms with Gasteiger partial charge in [-0.3, -0.25) is 0 Å². The summed E-state index contributed by atoms with van der Waals surface area (Å²) in [4.78, 5) is 4.39. The Labute approximate surface area is 119 Å². The molecule has 1 aromatic carbocycles. The molecule has 0 fully saturated rings. The smallest absolute Gasteiger partial charge is 0.241 e. The number of nitrogens with zero attached hydrogens (tertiary/aromatic N) is 1. The van der Waals surface area contributed by atoms with Crippen LogP contribution in [0.1, 0.15) is 27.2 Å². The summed E-state index contributed by atoms with van der Waals surface area (Å²) in [6.07, 6.45) is 0.706. The van der Waals surface area contributed by atoms with Gasteiger partial charge in [-0.25, -0.2) is 18.1 Å². The van der Waals surface area contributed by atoms with E-state index in [4.69, 9.17) is 5.73 Å². The molecular weight excluding hydrogens is 274 g/mol. The van der Waals surface area contributed by atoms with Crippen molar-refractivity contribution in [2.24, 2.45) is 0 Å². The Morgan fingerprint density at radius 1 is 1.25 bits per heavy atom. The largest absolute Gasteiger partial charge is 0.384 e. The predicted octanol–water partition coefficient (Wildman–Crippen LogP) is 2.28. The summed E-state index contributed by atoms with van der Waals surface area (Å²) in [6, 6.07) is 8.24. The highest BCUT2D eigenvalue weighted by Gasteiger charge is 2.24. The summed E-state index contributed by atoms with van der Waals surface area (Å²) in [5.41, 5.74) is 5.81. The van der Waals surface area contributed by atoms with E-state index in [-0.39, 0.29) is 4.90 Å². The van der Waals surface area contributed by atoms with E-state index in [0.29, 0.717) is 17.8 Å². The molecule has 0 aliphatic carbocycles. The fourth-order valence-electron chi connectivity index (χ4n) is 1.78. The minimum atomic E-state index is -3.54. The Balaban J connectivity index is 2.45. The molecular formula is C14H19N3O2S. The molecule has 0 amide bonds. The summed E-state index contributed by atoms with van der Waals surface area (Å²) < 4.78 is 27.4. The molecule has 5 nitrogen and oxygen atoms in total. The van der Waals surface area contributed by atoms with Gasteiger partial charge in [0.25, 0.3) is 0 Å². The molecule has 0 aliphatic heterocycles. The molecule has 0 spiro atoms. The summed E-state index contributed by atoms with van der Waals surface area (Å²) in [5, 5.41) is 0.747. The van der Waals surface area contributed by atoms with Crippen LogP contribution in [0.4, 0.5) is 5.82 Å². The molecule has 0 radical (unpaired) electrons. The molecule has 1 heterocycles. The van der Waals surface area contributed by atoms with Gasteiger partial charge in [0.05, 0.1) is 10.4 Å². The molecule has 0 unspecified atom stereocenters. The van der Waals surface area contributed by atoms with Gasteiger partial charge in [0.15, 0.2) is 0 Å². The maximum atomic E-state index is 12.4. The molecule has 0 saturated carbocycles. The number of nitrogens with two attached hydrogens (primary N) is 1. The van der Waals surface area contributed by atoms with E-state index in [9.17, 15) is 8.42 Å². The number of benzene rings is 1. The van der Waals surface area contributed by atoms with Crippen molar-refractivity contribution in [3.05, 3.63) is 30.3 Å². The molecule has 0 saturated heterocycles. The van der Waals surface area contributed by atoms with Crippen LogP contribution in [0, 0.1) is 0 Å². The topological polar surface area (TPSA) is 85.1 Å². The van der Waals surface area contributed by atoms with Crippen molar-refractivity contribution >= 4 is 26.7 Å². The van der Waals surface area contributed by atoms with Crippen LogP contribution in [0.2, 0.25) is 0 Å². The van der Waals surface area contributed by atoms with Crippen molar-refractivity contribution in [2.45, 2.75) is 37.6 Å². The second-order valence-corrected chi connectivity index (χ2v) is 7.12.